The van der Waals surface area contributed by atoms with Gasteiger partial charge < -0.3 is 10.1 Å². The summed E-state index contributed by atoms with van der Waals surface area (Å²) in [6.07, 6.45) is 5.43. The molecule has 2 rings (SSSR count). The van der Waals surface area contributed by atoms with Crippen LogP contribution in [0, 0.1) is 0 Å². The van der Waals surface area contributed by atoms with Crippen molar-refractivity contribution in [3.8, 4) is 5.75 Å². The van der Waals surface area contributed by atoms with E-state index in [1.807, 2.05) is 0 Å². The maximum Gasteiger partial charge on any atom is 0.387 e. The van der Waals surface area contributed by atoms with Crippen molar-refractivity contribution in [2.45, 2.75) is 44.8 Å². The normalized spacial score (nSPS) is 16.4. The predicted octanol–water partition coefficient (Wildman–Crippen LogP) is 3.35. The van der Waals surface area contributed by atoms with Crippen molar-refractivity contribution in [2.75, 3.05) is 0 Å². The van der Waals surface area contributed by atoms with Crippen LogP contribution in [0.2, 0.25) is 0 Å². The Labute approximate surface area is 111 Å². The molecular formula is C14H17F2NO2. The second-order valence-corrected chi connectivity index (χ2v) is 4.71. The highest BCUT2D eigenvalue weighted by Crippen LogP contribution is 2.19. The molecule has 3 nitrogen and oxygen atoms in total. The fourth-order valence-corrected chi connectivity index (χ4v) is 2.33. The van der Waals surface area contributed by atoms with Crippen molar-refractivity contribution in [1.82, 2.24) is 5.32 Å². The van der Waals surface area contributed by atoms with Crippen LogP contribution in [0.25, 0.3) is 0 Å². The van der Waals surface area contributed by atoms with E-state index in [4.69, 9.17) is 0 Å². The summed E-state index contributed by atoms with van der Waals surface area (Å²) < 4.78 is 28.5. The number of hydrogen-bond donors (Lipinski definition) is 1. The smallest absolute Gasteiger partial charge is 0.387 e. The standard InChI is InChI=1S/C14H17F2NO2/c15-14(16)19-12-8-4-5-10(9-12)13(18)17-11-6-2-1-3-7-11/h4-5,8-9,11,14H,1-3,6-7H2,(H,17,18). The van der Waals surface area contributed by atoms with Gasteiger partial charge in [0, 0.05) is 11.6 Å². The molecule has 0 bridgehead atoms. The second-order valence-electron chi connectivity index (χ2n) is 4.71. The zero-order chi connectivity index (χ0) is 13.7. The van der Waals surface area contributed by atoms with Crippen LogP contribution in [0.5, 0.6) is 5.75 Å². The molecule has 0 spiro atoms. The predicted molar refractivity (Wildman–Crippen MR) is 67.4 cm³/mol. The van der Waals surface area contributed by atoms with E-state index in [0.717, 1.165) is 25.7 Å². The molecule has 1 amide bonds. The number of benzene rings is 1. The number of rotatable bonds is 4. The van der Waals surface area contributed by atoms with Crippen LogP contribution < -0.4 is 10.1 Å². The minimum absolute atomic E-state index is 0.00583. The maximum atomic E-state index is 12.1. The summed E-state index contributed by atoms with van der Waals surface area (Å²) >= 11 is 0. The fraction of sp³-hybridized carbons (Fsp3) is 0.500. The van der Waals surface area contributed by atoms with E-state index in [-0.39, 0.29) is 17.7 Å². The molecule has 0 aliphatic heterocycles. The van der Waals surface area contributed by atoms with Crippen LogP contribution in [0.3, 0.4) is 0 Å². The van der Waals surface area contributed by atoms with Gasteiger partial charge in [0.2, 0.25) is 0 Å². The number of hydrogen-bond acceptors (Lipinski definition) is 2. The molecule has 1 N–H and O–H groups in total. The van der Waals surface area contributed by atoms with E-state index in [1.165, 1.54) is 24.6 Å². The van der Waals surface area contributed by atoms with Gasteiger partial charge >= 0.3 is 6.61 Å². The first-order valence-electron chi connectivity index (χ1n) is 6.51. The number of halogens is 2. The van der Waals surface area contributed by atoms with Crippen LogP contribution in [0.15, 0.2) is 24.3 Å². The Bertz CT molecular complexity index is 431. The lowest BCUT2D eigenvalue weighted by molar-refractivity contribution is -0.0498. The Morgan fingerprint density at radius 3 is 2.68 bits per heavy atom. The first kappa shape index (κ1) is 13.8. The van der Waals surface area contributed by atoms with Gasteiger partial charge in [-0.05, 0) is 31.0 Å². The quantitative estimate of drug-likeness (QED) is 0.910. The van der Waals surface area contributed by atoms with Crippen molar-refractivity contribution in [1.29, 1.82) is 0 Å². The number of alkyl halides is 2. The van der Waals surface area contributed by atoms with E-state index < -0.39 is 6.61 Å². The fourth-order valence-electron chi connectivity index (χ4n) is 2.33. The number of amides is 1. The monoisotopic (exact) mass is 269 g/mol. The Kier molecular flexibility index (Phi) is 4.71. The van der Waals surface area contributed by atoms with Gasteiger partial charge in [0.15, 0.2) is 0 Å². The Morgan fingerprint density at radius 2 is 2.00 bits per heavy atom. The number of ether oxygens (including phenoxy) is 1. The van der Waals surface area contributed by atoms with Crippen molar-refractivity contribution >= 4 is 5.91 Å². The summed E-state index contributed by atoms with van der Waals surface area (Å²) in [5.41, 5.74) is 0.351. The summed E-state index contributed by atoms with van der Waals surface area (Å²) in [4.78, 5) is 12.0. The van der Waals surface area contributed by atoms with Gasteiger partial charge in [0.1, 0.15) is 5.75 Å². The van der Waals surface area contributed by atoms with Gasteiger partial charge in [0.05, 0.1) is 0 Å². The maximum absolute atomic E-state index is 12.1. The summed E-state index contributed by atoms with van der Waals surface area (Å²) in [5.74, 6) is -0.224. The zero-order valence-corrected chi connectivity index (χ0v) is 10.6. The molecule has 0 radical (unpaired) electrons. The Hall–Kier alpha value is -1.65. The van der Waals surface area contributed by atoms with Crippen molar-refractivity contribution in [3.63, 3.8) is 0 Å². The molecule has 1 aliphatic carbocycles. The van der Waals surface area contributed by atoms with Gasteiger partial charge in [-0.3, -0.25) is 4.79 Å². The highest BCUT2D eigenvalue weighted by molar-refractivity contribution is 5.94. The van der Waals surface area contributed by atoms with E-state index in [1.54, 1.807) is 6.07 Å². The van der Waals surface area contributed by atoms with Crippen molar-refractivity contribution < 1.29 is 18.3 Å². The highest BCUT2D eigenvalue weighted by Gasteiger charge is 2.17. The van der Waals surface area contributed by atoms with Gasteiger partial charge in [0.25, 0.3) is 5.91 Å². The molecule has 5 heteroatoms. The molecular weight excluding hydrogens is 252 g/mol. The molecule has 0 atom stereocenters. The summed E-state index contributed by atoms with van der Waals surface area (Å²) in [5, 5.41) is 2.93. The van der Waals surface area contributed by atoms with Crippen molar-refractivity contribution in [2.24, 2.45) is 0 Å². The van der Waals surface area contributed by atoms with Gasteiger partial charge in [-0.2, -0.15) is 8.78 Å². The van der Waals surface area contributed by atoms with Crippen LogP contribution in [-0.4, -0.2) is 18.6 Å². The molecule has 1 fully saturated rings. The molecule has 0 heterocycles. The molecule has 0 unspecified atom stereocenters. The highest BCUT2D eigenvalue weighted by atomic mass is 19.3. The topological polar surface area (TPSA) is 38.3 Å². The number of carbonyl (C=O) groups excluding carboxylic acids is 1. The zero-order valence-electron chi connectivity index (χ0n) is 10.6. The van der Waals surface area contributed by atoms with Gasteiger partial charge in [-0.15, -0.1) is 0 Å². The van der Waals surface area contributed by atoms with E-state index >= 15 is 0 Å². The van der Waals surface area contributed by atoms with Crippen LogP contribution >= 0.6 is 0 Å². The molecule has 1 aliphatic rings. The van der Waals surface area contributed by atoms with Gasteiger partial charge in [-0.1, -0.05) is 25.3 Å². The Morgan fingerprint density at radius 1 is 1.26 bits per heavy atom. The Balaban J connectivity index is 1.97. The summed E-state index contributed by atoms with van der Waals surface area (Å²) in [6.45, 7) is -2.88. The lowest BCUT2D eigenvalue weighted by Crippen LogP contribution is -2.36. The first-order valence-corrected chi connectivity index (χ1v) is 6.51. The second kappa shape index (κ2) is 6.50. The molecule has 19 heavy (non-hydrogen) atoms. The van der Waals surface area contributed by atoms with Crippen molar-refractivity contribution in [3.05, 3.63) is 29.8 Å². The first-order chi connectivity index (χ1) is 9.15. The lowest BCUT2D eigenvalue weighted by atomic mass is 9.95. The van der Waals surface area contributed by atoms with Crippen LogP contribution in [-0.2, 0) is 0 Å². The molecule has 1 saturated carbocycles. The average Bonchev–Trinajstić information content (AvgIpc) is 2.39. The third kappa shape index (κ3) is 4.19. The summed E-state index contributed by atoms with van der Waals surface area (Å²) in [6, 6.07) is 6.07. The van der Waals surface area contributed by atoms with E-state index in [2.05, 4.69) is 10.1 Å². The van der Waals surface area contributed by atoms with Crippen LogP contribution in [0.4, 0.5) is 8.78 Å². The number of carbonyl (C=O) groups is 1. The van der Waals surface area contributed by atoms with Crippen LogP contribution in [0.1, 0.15) is 42.5 Å². The SMILES string of the molecule is O=C(NC1CCCCC1)c1cccc(OC(F)F)c1. The molecule has 0 saturated heterocycles. The third-order valence-corrected chi connectivity index (χ3v) is 3.26. The molecule has 1 aromatic carbocycles. The minimum atomic E-state index is -2.88. The van der Waals surface area contributed by atoms with E-state index in [9.17, 15) is 13.6 Å². The largest absolute Gasteiger partial charge is 0.435 e. The molecule has 0 aromatic heterocycles. The average molecular weight is 269 g/mol. The van der Waals surface area contributed by atoms with E-state index in [0.29, 0.717) is 5.56 Å². The number of nitrogens with one attached hydrogen (secondary N) is 1. The lowest BCUT2D eigenvalue weighted by Gasteiger charge is -2.22. The molecule has 104 valence electrons. The third-order valence-electron chi connectivity index (χ3n) is 3.26. The molecule has 1 aromatic rings. The van der Waals surface area contributed by atoms with Gasteiger partial charge in [-0.25, -0.2) is 0 Å². The summed E-state index contributed by atoms with van der Waals surface area (Å²) in [7, 11) is 0. The minimum Gasteiger partial charge on any atom is -0.435 e.